The summed E-state index contributed by atoms with van der Waals surface area (Å²) in [7, 11) is 1.83. The lowest BCUT2D eigenvalue weighted by atomic mass is 10.1. The Bertz CT molecular complexity index is 737. The zero-order valence-electron chi connectivity index (χ0n) is 15.8. The quantitative estimate of drug-likeness (QED) is 0.733. The van der Waals surface area contributed by atoms with Gasteiger partial charge in [0.2, 0.25) is 5.91 Å². The number of hydrogen-bond acceptors (Lipinski definition) is 2. The molecule has 136 valence electrons. The van der Waals surface area contributed by atoms with Crippen LogP contribution in [-0.2, 0) is 24.3 Å². The minimum atomic E-state index is 0.121. The van der Waals surface area contributed by atoms with E-state index in [1.165, 1.54) is 11.3 Å². The van der Waals surface area contributed by atoms with Crippen molar-refractivity contribution in [2.45, 2.75) is 53.6 Å². The van der Waals surface area contributed by atoms with E-state index < -0.39 is 0 Å². The molecule has 2 rings (SSSR count). The lowest BCUT2D eigenvalue weighted by Crippen LogP contribution is -2.26. The molecule has 0 spiro atoms. The van der Waals surface area contributed by atoms with Crippen molar-refractivity contribution in [2.75, 3.05) is 7.05 Å². The van der Waals surface area contributed by atoms with E-state index in [-0.39, 0.29) is 5.91 Å². The molecule has 0 aliphatic heterocycles. The molecule has 4 nitrogen and oxygen atoms in total. The standard InChI is InChI=1S/C20H28ClN3O/c1-14(2)12-24-16(4)18(15(3)22-24)10-11-20(25)23(5)13-17-8-6-7-9-19(17)21/h6-9,14H,10-13H2,1-5H3. The maximum atomic E-state index is 12.5. The second-order valence-electron chi connectivity index (χ2n) is 7.07. The van der Waals surface area contributed by atoms with Crippen LogP contribution in [-0.4, -0.2) is 27.6 Å². The monoisotopic (exact) mass is 361 g/mol. The number of halogens is 1. The minimum Gasteiger partial charge on any atom is -0.341 e. The number of carbonyl (C=O) groups excluding carboxylic acids is 1. The molecule has 1 aromatic heterocycles. The van der Waals surface area contributed by atoms with Crippen molar-refractivity contribution < 1.29 is 4.79 Å². The maximum Gasteiger partial charge on any atom is 0.222 e. The molecule has 0 unspecified atom stereocenters. The summed E-state index contributed by atoms with van der Waals surface area (Å²) in [6, 6.07) is 7.64. The molecule has 0 bridgehead atoms. The van der Waals surface area contributed by atoms with E-state index in [1.807, 2.05) is 38.2 Å². The minimum absolute atomic E-state index is 0.121. The van der Waals surface area contributed by atoms with Crippen LogP contribution in [0.3, 0.4) is 0 Å². The van der Waals surface area contributed by atoms with Crippen molar-refractivity contribution in [1.29, 1.82) is 0 Å². The molecule has 1 heterocycles. The Morgan fingerprint density at radius 1 is 1.28 bits per heavy atom. The van der Waals surface area contributed by atoms with Crippen molar-refractivity contribution in [3.8, 4) is 0 Å². The van der Waals surface area contributed by atoms with Gasteiger partial charge in [0, 0.05) is 37.3 Å². The molecule has 0 radical (unpaired) electrons. The predicted octanol–water partition coefficient (Wildman–Crippen LogP) is 4.40. The summed E-state index contributed by atoms with van der Waals surface area (Å²) in [5, 5.41) is 5.32. The number of rotatable bonds is 7. The van der Waals surface area contributed by atoms with Gasteiger partial charge >= 0.3 is 0 Å². The zero-order chi connectivity index (χ0) is 18.6. The lowest BCUT2D eigenvalue weighted by Gasteiger charge is -2.18. The van der Waals surface area contributed by atoms with Gasteiger partial charge in [-0.3, -0.25) is 9.48 Å². The molecule has 0 saturated carbocycles. The molecular formula is C20H28ClN3O. The summed E-state index contributed by atoms with van der Waals surface area (Å²) in [5.41, 5.74) is 4.37. The summed E-state index contributed by atoms with van der Waals surface area (Å²) >= 11 is 6.18. The van der Waals surface area contributed by atoms with E-state index in [0.29, 0.717) is 23.9 Å². The number of carbonyl (C=O) groups is 1. The first-order valence-corrected chi connectivity index (χ1v) is 9.17. The van der Waals surface area contributed by atoms with Gasteiger partial charge in [-0.25, -0.2) is 0 Å². The van der Waals surface area contributed by atoms with Gasteiger partial charge in [-0.05, 0) is 43.4 Å². The molecule has 1 aromatic carbocycles. The van der Waals surface area contributed by atoms with Crippen LogP contribution in [0.2, 0.25) is 5.02 Å². The van der Waals surface area contributed by atoms with Gasteiger partial charge in [0.1, 0.15) is 0 Å². The summed E-state index contributed by atoms with van der Waals surface area (Å²) in [6.07, 6.45) is 1.21. The SMILES string of the molecule is Cc1nn(CC(C)C)c(C)c1CCC(=O)N(C)Cc1ccccc1Cl. The van der Waals surface area contributed by atoms with Crippen LogP contribution >= 0.6 is 11.6 Å². The second-order valence-corrected chi connectivity index (χ2v) is 7.47. The van der Waals surface area contributed by atoms with Crippen molar-refractivity contribution in [2.24, 2.45) is 5.92 Å². The van der Waals surface area contributed by atoms with Gasteiger partial charge in [-0.2, -0.15) is 5.10 Å². The first-order valence-electron chi connectivity index (χ1n) is 8.79. The van der Waals surface area contributed by atoms with Crippen molar-refractivity contribution >= 4 is 17.5 Å². The zero-order valence-corrected chi connectivity index (χ0v) is 16.6. The molecule has 0 N–H and O–H groups in total. The van der Waals surface area contributed by atoms with E-state index in [9.17, 15) is 4.79 Å². The van der Waals surface area contributed by atoms with Crippen LogP contribution in [0.4, 0.5) is 0 Å². The summed E-state index contributed by atoms with van der Waals surface area (Å²) in [5.74, 6) is 0.671. The predicted molar refractivity (Wildman–Crippen MR) is 103 cm³/mol. The van der Waals surface area contributed by atoms with Crippen LogP contribution in [0, 0.1) is 19.8 Å². The fourth-order valence-corrected chi connectivity index (χ4v) is 3.21. The number of aromatic nitrogens is 2. The van der Waals surface area contributed by atoms with E-state index >= 15 is 0 Å². The van der Waals surface area contributed by atoms with Gasteiger partial charge in [0.15, 0.2) is 0 Å². The number of amides is 1. The number of hydrogen-bond donors (Lipinski definition) is 0. The Morgan fingerprint density at radius 3 is 2.60 bits per heavy atom. The normalized spacial score (nSPS) is 11.2. The summed E-state index contributed by atoms with van der Waals surface area (Å²) in [4.78, 5) is 14.2. The highest BCUT2D eigenvalue weighted by Gasteiger charge is 2.16. The number of benzene rings is 1. The van der Waals surface area contributed by atoms with Gasteiger partial charge < -0.3 is 4.90 Å². The summed E-state index contributed by atoms with van der Waals surface area (Å²) < 4.78 is 2.06. The Morgan fingerprint density at radius 2 is 1.96 bits per heavy atom. The average Bonchev–Trinajstić information content (AvgIpc) is 2.80. The van der Waals surface area contributed by atoms with E-state index in [0.717, 1.165) is 24.2 Å². The molecule has 0 saturated heterocycles. The maximum absolute atomic E-state index is 12.5. The molecule has 0 aliphatic carbocycles. The number of aryl methyl sites for hydroxylation is 1. The highest BCUT2D eigenvalue weighted by atomic mass is 35.5. The molecule has 0 aliphatic rings. The van der Waals surface area contributed by atoms with Crippen molar-refractivity contribution in [1.82, 2.24) is 14.7 Å². The molecule has 5 heteroatoms. The van der Waals surface area contributed by atoms with Crippen LogP contribution in [0.25, 0.3) is 0 Å². The smallest absolute Gasteiger partial charge is 0.222 e. The van der Waals surface area contributed by atoms with Gasteiger partial charge in [-0.1, -0.05) is 43.6 Å². The summed E-state index contributed by atoms with van der Waals surface area (Å²) in [6.45, 7) is 9.93. The van der Waals surface area contributed by atoms with Crippen molar-refractivity contribution in [3.05, 3.63) is 51.8 Å². The van der Waals surface area contributed by atoms with Gasteiger partial charge in [0.25, 0.3) is 0 Å². The fraction of sp³-hybridized carbons (Fsp3) is 0.500. The Balaban J connectivity index is 1.98. The molecule has 1 amide bonds. The molecule has 0 fully saturated rings. The molecule has 25 heavy (non-hydrogen) atoms. The Labute approximate surface area is 155 Å². The average molecular weight is 362 g/mol. The molecule has 2 aromatic rings. The molecule has 0 atom stereocenters. The van der Waals surface area contributed by atoms with E-state index in [2.05, 4.69) is 30.6 Å². The first kappa shape index (κ1) is 19.5. The second kappa shape index (κ2) is 8.52. The highest BCUT2D eigenvalue weighted by Crippen LogP contribution is 2.19. The van der Waals surface area contributed by atoms with Gasteiger partial charge in [-0.15, -0.1) is 0 Å². The Hall–Kier alpha value is -1.81. The van der Waals surface area contributed by atoms with Gasteiger partial charge in [0.05, 0.1) is 5.69 Å². The van der Waals surface area contributed by atoms with Crippen LogP contribution in [0.1, 0.15) is 42.8 Å². The fourth-order valence-electron chi connectivity index (χ4n) is 3.01. The van der Waals surface area contributed by atoms with E-state index in [4.69, 9.17) is 11.6 Å². The topological polar surface area (TPSA) is 38.1 Å². The highest BCUT2D eigenvalue weighted by molar-refractivity contribution is 6.31. The van der Waals surface area contributed by atoms with E-state index in [1.54, 1.807) is 4.90 Å². The van der Waals surface area contributed by atoms with Crippen LogP contribution in [0.5, 0.6) is 0 Å². The third-order valence-corrected chi connectivity index (χ3v) is 4.82. The largest absolute Gasteiger partial charge is 0.341 e. The Kier molecular flexibility index (Phi) is 6.65. The third-order valence-electron chi connectivity index (χ3n) is 4.45. The third kappa shape index (κ3) is 5.08. The van der Waals surface area contributed by atoms with Crippen molar-refractivity contribution in [3.63, 3.8) is 0 Å². The van der Waals surface area contributed by atoms with Crippen LogP contribution < -0.4 is 0 Å². The van der Waals surface area contributed by atoms with Crippen LogP contribution in [0.15, 0.2) is 24.3 Å². The first-order chi connectivity index (χ1) is 11.8. The molecular weight excluding hydrogens is 334 g/mol. The number of nitrogens with zero attached hydrogens (tertiary/aromatic N) is 3. The lowest BCUT2D eigenvalue weighted by molar-refractivity contribution is -0.130.